The second-order valence-electron chi connectivity index (χ2n) is 4.48. The minimum absolute atomic E-state index is 0.0530. The molecule has 0 unspecified atom stereocenters. The number of carboxylic acid groups (broad SMARTS) is 1. The maximum absolute atomic E-state index is 13.6. The van der Waals surface area contributed by atoms with Crippen LogP contribution in [0.5, 0.6) is 0 Å². The van der Waals surface area contributed by atoms with Gasteiger partial charge in [0.1, 0.15) is 5.82 Å². The highest BCUT2D eigenvalue weighted by molar-refractivity contribution is 5.66. The predicted octanol–water partition coefficient (Wildman–Crippen LogP) is 2.39. The van der Waals surface area contributed by atoms with Crippen LogP contribution in [0.1, 0.15) is 12.3 Å². The third kappa shape index (κ3) is 3.64. The summed E-state index contributed by atoms with van der Waals surface area (Å²) in [4.78, 5) is 16.3. The molecule has 1 N–H and O–H groups in total. The van der Waals surface area contributed by atoms with Gasteiger partial charge in [0.2, 0.25) is 5.89 Å². The van der Waals surface area contributed by atoms with Crippen LogP contribution in [-0.2, 0) is 11.3 Å². The van der Waals surface area contributed by atoms with Crippen LogP contribution < -0.4 is 0 Å². The van der Waals surface area contributed by atoms with Gasteiger partial charge in [-0.1, -0.05) is 12.1 Å². The molecule has 106 valence electrons. The highest BCUT2D eigenvalue weighted by Crippen LogP contribution is 2.23. The van der Waals surface area contributed by atoms with Crippen LogP contribution in [0.4, 0.5) is 4.39 Å². The molecule has 1 aromatic carbocycles. The van der Waals surface area contributed by atoms with E-state index in [0.29, 0.717) is 30.3 Å². The Morgan fingerprint density at radius 2 is 2.20 bits per heavy atom. The van der Waals surface area contributed by atoms with Crippen molar-refractivity contribution in [2.45, 2.75) is 13.0 Å². The number of aliphatic carboxylic acids is 1. The van der Waals surface area contributed by atoms with Gasteiger partial charge in [0.15, 0.2) is 5.76 Å². The Kier molecular flexibility index (Phi) is 4.47. The normalized spacial score (nSPS) is 10.9. The van der Waals surface area contributed by atoms with Crippen molar-refractivity contribution in [3.63, 3.8) is 0 Å². The molecule has 0 fully saturated rings. The Morgan fingerprint density at radius 3 is 2.90 bits per heavy atom. The van der Waals surface area contributed by atoms with Crippen molar-refractivity contribution in [3.8, 4) is 11.3 Å². The van der Waals surface area contributed by atoms with Crippen LogP contribution in [0, 0.1) is 5.82 Å². The molecule has 0 bridgehead atoms. The number of benzene rings is 1. The number of hydrogen-bond acceptors (Lipinski definition) is 4. The van der Waals surface area contributed by atoms with Crippen molar-refractivity contribution < 1.29 is 18.7 Å². The zero-order chi connectivity index (χ0) is 14.5. The summed E-state index contributed by atoms with van der Waals surface area (Å²) in [6, 6.07) is 6.31. The van der Waals surface area contributed by atoms with Crippen LogP contribution >= 0.6 is 0 Å². The minimum Gasteiger partial charge on any atom is -0.481 e. The summed E-state index contributed by atoms with van der Waals surface area (Å²) in [5.41, 5.74) is 0.361. The topological polar surface area (TPSA) is 66.6 Å². The van der Waals surface area contributed by atoms with Crippen molar-refractivity contribution in [1.29, 1.82) is 0 Å². The molecule has 2 aromatic rings. The monoisotopic (exact) mass is 278 g/mol. The molecular weight excluding hydrogens is 263 g/mol. The first-order valence-electron chi connectivity index (χ1n) is 6.16. The molecule has 0 radical (unpaired) electrons. The average Bonchev–Trinajstić information content (AvgIpc) is 2.85. The largest absolute Gasteiger partial charge is 0.481 e. The Balaban J connectivity index is 2.02. The van der Waals surface area contributed by atoms with Gasteiger partial charge in [-0.3, -0.25) is 9.69 Å². The Morgan fingerprint density at radius 1 is 1.45 bits per heavy atom. The first-order chi connectivity index (χ1) is 9.56. The van der Waals surface area contributed by atoms with E-state index in [-0.39, 0.29) is 12.2 Å². The van der Waals surface area contributed by atoms with Crippen LogP contribution in [-0.4, -0.2) is 34.6 Å². The number of hydrogen-bond donors (Lipinski definition) is 1. The summed E-state index contributed by atoms with van der Waals surface area (Å²) < 4.78 is 19.1. The number of carboxylic acids is 1. The lowest BCUT2D eigenvalue weighted by atomic mass is 10.2. The number of oxazole rings is 1. The van der Waals surface area contributed by atoms with Crippen LogP contribution in [0.25, 0.3) is 11.3 Å². The first kappa shape index (κ1) is 14.2. The number of halogens is 1. The van der Waals surface area contributed by atoms with E-state index in [4.69, 9.17) is 9.52 Å². The van der Waals surface area contributed by atoms with E-state index in [0.717, 1.165) is 0 Å². The maximum atomic E-state index is 13.6. The van der Waals surface area contributed by atoms with Crippen molar-refractivity contribution in [2.24, 2.45) is 0 Å². The van der Waals surface area contributed by atoms with E-state index in [9.17, 15) is 9.18 Å². The van der Waals surface area contributed by atoms with Crippen molar-refractivity contribution in [3.05, 3.63) is 42.2 Å². The van der Waals surface area contributed by atoms with E-state index < -0.39 is 5.97 Å². The molecule has 0 aliphatic rings. The molecule has 20 heavy (non-hydrogen) atoms. The SMILES string of the molecule is CN(CCC(=O)O)Cc1ncc(-c2ccccc2F)o1. The molecule has 2 rings (SSSR count). The lowest BCUT2D eigenvalue weighted by Crippen LogP contribution is -2.21. The summed E-state index contributed by atoms with van der Waals surface area (Å²) in [6.07, 6.45) is 1.52. The van der Waals surface area contributed by atoms with Gasteiger partial charge in [0.25, 0.3) is 0 Å². The van der Waals surface area contributed by atoms with E-state index >= 15 is 0 Å². The fourth-order valence-corrected chi connectivity index (χ4v) is 1.77. The fourth-order valence-electron chi connectivity index (χ4n) is 1.77. The van der Waals surface area contributed by atoms with Gasteiger partial charge in [-0.15, -0.1) is 0 Å². The Bertz CT molecular complexity index is 598. The van der Waals surface area contributed by atoms with Crippen LogP contribution in [0.2, 0.25) is 0 Å². The molecule has 0 saturated heterocycles. The minimum atomic E-state index is -0.851. The lowest BCUT2D eigenvalue weighted by Gasteiger charge is -2.12. The first-order valence-corrected chi connectivity index (χ1v) is 6.16. The number of rotatable bonds is 6. The van der Waals surface area contributed by atoms with Crippen LogP contribution in [0.15, 0.2) is 34.9 Å². The van der Waals surface area contributed by atoms with E-state index in [1.807, 2.05) is 0 Å². The molecule has 0 saturated carbocycles. The molecule has 1 aromatic heterocycles. The second kappa shape index (κ2) is 6.29. The van der Waals surface area contributed by atoms with Crippen LogP contribution in [0.3, 0.4) is 0 Å². The molecular formula is C14H15FN2O3. The molecule has 0 atom stereocenters. The Hall–Kier alpha value is -2.21. The second-order valence-corrected chi connectivity index (χ2v) is 4.48. The highest BCUT2D eigenvalue weighted by atomic mass is 19.1. The molecule has 5 nitrogen and oxygen atoms in total. The average molecular weight is 278 g/mol. The lowest BCUT2D eigenvalue weighted by molar-refractivity contribution is -0.137. The third-order valence-electron chi connectivity index (χ3n) is 2.81. The van der Waals surface area contributed by atoms with E-state index in [1.165, 1.54) is 12.3 Å². The zero-order valence-electron chi connectivity index (χ0n) is 11.0. The molecule has 0 spiro atoms. The van der Waals surface area contributed by atoms with Gasteiger partial charge in [0, 0.05) is 6.54 Å². The number of nitrogens with zero attached hydrogens (tertiary/aromatic N) is 2. The quantitative estimate of drug-likeness (QED) is 0.878. The Labute approximate surface area is 115 Å². The predicted molar refractivity (Wildman–Crippen MR) is 70.5 cm³/mol. The maximum Gasteiger partial charge on any atom is 0.304 e. The fraction of sp³-hybridized carbons (Fsp3) is 0.286. The molecule has 0 amide bonds. The smallest absolute Gasteiger partial charge is 0.304 e. The standard InChI is InChI=1S/C14H15FN2O3/c1-17(7-6-14(18)19)9-13-16-8-12(20-13)10-4-2-3-5-11(10)15/h2-5,8H,6-7,9H2,1H3,(H,18,19). The summed E-state index contributed by atoms with van der Waals surface area (Å²) in [5.74, 6) is -0.424. The van der Waals surface area contributed by atoms with Crippen molar-refractivity contribution >= 4 is 5.97 Å². The molecule has 6 heteroatoms. The van der Waals surface area contributed by atoms with E-state index in [2.05, 4.69) is 4.98 Å². The summed E-state index contributed by atoms with van der Waals surface area (Å²) in [7, 11) is 1.77. The van der Waals surface area contributed by atoms with Gasteiger partial charge in [-0.25, -0.2) is 9.37 Å². The van der Waals surface area contributed by atoms with Gasteiger partial charge in [-0.2, -0.15) is 0 Å². The summed E-state index contributed by atoms with van der Waals surface area (Å²) in [6.45, 7) is 0.772. The van der Waals surface area contributed by atoms with Crippen molar-refractivity contribution in [1.82, 2.24) is 9.88 Å². The van der Waals surface area contributed by atoms with Gasteiger partial charge in [-0.05, 0) is 19.2 Å². The van der Waals surface area contributed by atoms with Gasteiger partial charge in [0.05, 0.1) is 24.7 Å². The number of carbonyl (C=O) groups is 1. The molecule has 0 aliphatic carbocycles. The third-order valence-corrected chi connectivity index (χ3v) is 2.81. The molecule has 0 aliphatic heterocycles. The van der Waals surface area contributed by atoms with Crippen molar-refractivity contribution in [2.75, 3.05) is 13.6 Å². The summed E-state index contributed by atoms with van der Waals surface area (Å²) >= 11 is 0. The van der Waals surface area contributed by atoms with E-state index in [1.54, 1.807) is 30.1 Å². The number of aromatic nitrogens is 1. The highest BCUT2D eigenvalue weighted by Gasteiger charge is 2.12. The zero-order valence-corrected chi connectivity index (χ0v) is 11.0. The van der Waals surface area contributed by atoms with Gasteiger partial charge >= 0.3 is 5.97 Å². The molecule has 1 heterocycles. The summed E-state index contributed by atoms with van der Waals surface area (Å²) in [5, 5.41) is 8.60. The van der Waals surface area contributed by atoms with Gasteiger partial charge < -0.3 is 9.52 Å².